The maximum absolute atomic E-state index is 13.3. The van der Waals surface area contributed by atoms with E-state index in [-0.39, 0.29) is 11.7 Å². The molecule has 5 heteroatoms. The number of Topliss-reactive ketones (excluding diaryl/α,β-unsaturated/α-hetero) is 1. The van der Waals surface area contributed by atoms with Crippen molar-refractivity contribution in [3.63, 3.8) is 0 Å². The van der Waals surface area contributed by atoms with E-state index in [4.69, 9.17) is 9.72 Å². The normalized spacial score (nSPS) is 17.3. The average molecular weight is 414 g/mol. The zero-order chi connectivity index (χ0) is 21.4. The number of ether oxygens (including phenoxy) is 1. The molecule has 1 aliphatic heterocycles. The van der Waals surface area contributed by atoms with Gasteiger partial charge in [0.2, 0.25) is 0 Å². The second-order valence-electron chi connectivity index (χ2n) is 8.44. The Bertz CT molecular complexity index is 1260. The van der Waals surface area contributed by atoms with E-state index >= 15 is 0 Å². The highest BCUT2D eigenvalue weighted by Crippen LogP contribution is 2.26. The van der Waals surface area contributed by atoms with Gasteiger partial charge in [-0.2, -0.15) is 0 Å². The molecule has 1 aromatic heterocycles. The van der Waals surface area contributed by atoms with Crippen LogP contribution in [0.3, 0.4) is 0 Å². The van der Waals surface area contributed by atoms with Gasteiger partial charge in [0.15, 0.2) is 5.78 Å². The molecule has 1 saturated heterocycles. The molecule has 0 radical (unpaired) electrons. The number of carbonyl (C=O) groups is 1. The van der Waals surface area contributed by atoms with Crippen molar-refractivity contribution in [1.82, 2.24) is 14.5 Å². The highest BCUT2D eigenvalue weighted by Gasteiger charge is 2.27. The topological polar surface area (TPSA) is 47.4 Å². The minimum atomic E-state index is 0.0270. The Kier molecular flexibility index (Phi) is 5.20. The van der Waals surface area contributed by atoms with Crippen LogP contribution >= 0.6 is 0 Å². The van der Waals surface area contributed by atoms with E-state index in [1.165, 1.54) is 0 Å². The largest absolute Gasteiger partial charge is 0.497 e. The van der Waals surface area contributed by atoms with Crippen LogP contribution in [0, 0.1) is 5.92 Å². The van der Waals surface area contributed by atoms with Gasteiger partial charge < -0.3 is 9.30 Å². The fourth-order valence-electron chi connectivity index (χ4n) is 4.69. The molecule has 0 N–H and O–H groups in total. The van der Waals surface area contributed by atoms with Gasteiger partial charge in [0.25, 0.3) is 0 Å². The summed E-state index contributed by atoms with van der Waals surface area (Å²) < 4.78 is 7.47. The number of carbonyl (C=O) groups excluding carboxylic acids is 1. The first-order valence-electron chi connectivity index (χ1n) is 10.9. The molecule has 0 aliphatic carbocycles. The molecule has 5 nitrogen and oxygen atoms in total. The second kappa shape index (κ2) is 8.16. The smallest absolute Gasteiger partial charge is 0.167 e. The first-order valence-corrected chi connectivity index (χ1v) is 10.9. The van der Waals surface area contributed by atoms with Gasteiger partial charge in [-0.05, 0) is 60.5 Å². The SMILES string of the molecule is COc1ccc2cc(C(=O)[C@H]3CCCN(Cc4nc5ccccc5n4C)C3)ccc2c1. The van der Waals surface area contributed by atoms with Crippen molar-refractivity contribution in [2.45, 2.75) is 19.4 Å². The number of aromatic nitrogens is 2. The minimum absolute atomic E-state index is 0.0270. The molecule has 2 heterocycles. The predicted molar refractivity (Wildman–Crippen MR) is 124 cm³/mol. The summed E-state index contributed by atoms with van der Waals surface area (Å²) in [5.41, 5.74) is 2.97. The summed E-state index contributed by atoms with van der Waals surface area (Å²) in [5, 5.41) is 2.15. The summed E-state index contributed by atoms with van der Waals surface area (Å²) in [5.74, 6) is 2.15. The Morgan fingerprint density at radius 1 is 1.10 bits per heavy atom. The van der Waals surface area contributed by atoms with E-state index in [9.17, 15) is 4.79 Å². The third kappa shape index (κ3) is 3.81. The standard InChI is InChI=1S/C26H27N3O2/c1-28-24-8-4-3-7-23(24)27-25(28)17-29-13-5-6-21(16-29)26(30)20-10-9-19-15-22(31-2)12-11-18(19)14-20/h3-4,7-12,14-15,21H,5-6,13,16-17H2,1-2H3/t21-/m0/s1. The highest BCUT2D eigenvalue weighted by atomic mass is 16.5. The maximum Gasteiger partial charge on any atom is 0.167 e. The number of piperidine rings is 1. The van der Waals surface area contributed by atoms with Crippen LogP contribution in [0.2, 0.25) is 0 Å². The Balaban J connectivity index is 1.33. The molecule has 0 saturated carbocycles. The molecular weight excluding hydrogens is 386 g/mol. The zero-order valence-corrected chi connectivity index (χ0v) is 18.0. The highest BCUT2D eigenvalue weighted by molar-refractivity contribution is 6.01. The van der Waals surface area contributed by atoms with Crippen LogP contribution in [-0.2, 0) is 13.6 Å². The van der Waals surface area contributed by atoms with Crippen molar-refractivity contribution in [1.29, 1.82) is 0 Å². The molecule has 1 atom stereocenters. The van der Waals surface area contributed by atoms with Gasteiger partial charge in [0, 0.05) is 25.1 Å². The van der Waals surface area contributed by atoms with Crippen molar-refractivity contribution >= 4 is 27.6 Å². The first-order chi connectivity index (χ1) is 15.1. The van der Waals surface area contributed by atoms with Crippen LogP contribution in [-0.4, -0.2) is 40.4 Å². The van der Waals surface area contributed by atoms with Crippen molar-refractivity contribution in [3.05, 3.63) is 72.1 Å². The van der Waals surface area contributed by atoms with E-state index in [2.05, 4.69) is 28.6 Å². The monoisotopic (exact) mass is 413 g/mol. The van der Waals surface area contributed by atoms with Gasteiger partial charge >= 0.3 is 0 Å². The number of likely N-dealkylation sites (tertiary alicyclic amines) is 1. The lowest BCUT2D eigenvalue weighted by atomic mass is 9.89. The second-order valence-corrected chi connectivity index (χ2v) is 8.44. The maximum atomic E-state index is 13.3. The van der Waals surface area contributed by atoms with Crippen LogP contribution in [0.15, 0.2) is 60.7 Å². The number of hydrogen-bond acceptors (Lipinski definition) is 4. The van der Waals surface area contributed by atoms with Crippen molar-refractivity contribution in [2.24, 2.45) is 13.0 Å². The van der Waals surface area contributed by atoms with E-state index in [1.807, 2.05) is 48.5 Å². The molecule has 0 spiro atoms. The fraction of sp³-hybridized carbons (Fsp3) is 0.308. The molecule has 31 heavy (non-hydrogen) atoms. The molecule has 0 amide bonds. The number of nitrogens with zero attached hydrogens (tertiary/aromatic N) is 3. The Hall–Kier alpha value is -3.18. The quantitative estimate of drug-likeness (QED) is 0.440. The van der Waals surface area contributed by atoms with Crippen LogP contribution in [0.4, 0.5) is 0 Å². The molecule has 0 unspecified atom stereocenters. The van der Waals surface area contributed by atoms with Gasteiger partial charge in [-0.25, -0.2) is 4.98 Å². The number of hydrogen-bond donors (Lipinski definition) is 0. The van der Waals surface area contributed by atoms with E-state index in [0.29, 0.717) is 0 Å². The van der Waals surface area contributed by atoms with E-state index in [0.717, 1.165) is 71.4 Å². The number of ketones is 1. The third-order valence-corrected chi connectivity index (χ3v) is 6.45. The van der Waals surface area contributed by atoms with E-state index in [1.54, 1.807) is 7.11 Å². The number of aryl methyl sites for hydroxylation is 1. The number of benzene rings is 3. The molecule has 158 valence electrons. The predicted octanol–water partition coefficient (Wildman–Crippen LogP) is 4.83. The summed E-state index contributed by atoms with van der Waals surface area (Å²) in [6.45, 7) is 2.56. The van der Waals surface area contributed by atoms with Crippen LogP contribution < -0.4 is 4.74 Å². The summed E-state index contributed by atoms with van der Waals surface area (Å²) >= 11 is 0. The first kappa shape index (κ1) is 19.8. The van der Waals surface area contributed by atoms with Gasteiger partial charge in [0.05, 0.1) is 24.7 Å². The summed E-state index contributed by atoms with van der Waals surface area (Å²) in [6.07, 6.45) is 1.98. The van der Waals surface area contributed by atoms with Crippen molar-refractivity contribution in [3.8, 4) is 5.75 Å². The number of para-hydroxylation sites is 2. The van der Waals surface area contributed by atoms with Crippen LogP contribution in [0.1, 0.15) is 29.0 Å². The van der Waals surface area contributed by atoms with Crippen LogP contribution in [0.5, 0.6) is 5.75 Å². The molecular formula is C26H27N3O2. The molecule has 1 fully saturated rings. The van der Waals surface area contributed by atoms with Crippen LogP contribution in [0.25, 0.3) is 21.8 Å². The van der Waals surface area contributed by atoms with Crippen molar-refractivity contribution in [2.75, 3.05) is 20.2 Å². The molecule has 4 aromatic rings. The lowest BCUT2D eigenvalue weighted by Crippen LogP contribution is -2.38. The fourth-order valence-corrected chi connectivity index (χ4v) is 4.69. The van der Waals surface area contributed by atoms with Crippen molar-refractivity contribution < 1.29 is 9.53 Å². The number of methoxy groups -OCH3 is 1. The Labute approximate surface area is 182 Å². The summed E-state index contributed by atoms with van der Waals surface area (Å²) in [7, 11) is 3.74. The third-order valence-electron chi connectivity index (χ3n) is 6.45. The lowest BCUT2D eigenvalue weighted by Gasteiger charge is -2.31. The van der Waals surface area contributed by atoms with E-state index < -0.39 is 0 Å². The zero-order valence-electron chi connectivity index (χ0n) is 18.0. The van der Waals surface area contributed by atoms with Gasteiger partial charge in [0.1, 0.15) is 11.6 Å². The molecule has 5 rings (SSSR count). The van der Waals surface area contributed by atoms with Gasteiger partial charge in [-0.1, -0.05) is 30.3 Å². The average Bonchev–Trinajstić information content (AvgIpc) is 3.13. The summed E-state index contributed by atoms with van der Waals surface area (Å²) in [6, 6.07) is 20.2. The number of fused-ring (bicyclic) bond motifs is 2. The summed E-state index contributed by atoms with van der Waals surface area (Å²) in [4.78, 5) is 20.5. The van der Waals surface area contributed by atoms with Gasteiger partial charge in [-0.3, -0.25) is 9.69 Å². The molecule has 3 aromatic carbocycles. The minimum Gasteiger partial charge on any atom is -0.497 e. The molecule has 1 aliphatic rings. The number of imidazole rings is 1. The molecule has 0 bridgehead atoms. The number of rotatable bonds is 5. The Morgan fingerprint density at radius 2 is 1.90 bits per heavy atom. The Morgan fingerprint density at radius 3 is 2.74 bits per heavy atom. The lowest BCUT2D eigenvalue weighted by molar-refractivity contribution is 0.0808. The van der Waals surface area contributed by atoms with Gasteiger partial charge in [-0.15, -0.1) is 0 Å².